The van der Waals surface area contributed by atoms with Crippen LogP contribution in [0.5, 0.6) is 0 Å². The normalized spacial score (nSPS) is 27.8. The number of piperidine rings is 1. The van der Waals surface area contributed by atoms with Crippen molar-refractivity contribution in [3.05, 3.63) is 0 Å². The van der Waals surface area contributed by atoms with Crippen molar-refractivity contribution in [3.8, 4) is 0 Å². The number of hydrogen-bond donors (Lipinski definition) is 2. The zero-order valence-corrected chi connectivity index (χ0v) is 11.6. The minimum absolute atomic E-state index is 0.139. The maximum Gasteiger partial charge on any atom is 0.237 e. The summed E-state index contributed by atoms with van der Waals surface area (Å²) in [4.78, 5) is 14.4. The fourth-order valence-electron chi connectivity index (χ4n) is 3.04. The van der Waals surface area contributed by atoms with Gasteiger partial charge in [0, 0.05) is 25.7 Å². The van der Waals surface area contributed by atoms with Crippen LogP contribution in [-0.4, -0.2) is 49.1 Å². The third-order valence-corrected chi connectivity index (χ3v) is 4.16. The van der Waals surface area contributed by atoms with Gasteiger partial charge in [-0.1, -0.05) is 6.92 Å². The molecule has 2 aliphatic heterocycles. The summed E-state index contributed by atoms with van der Waals surface area (Å²) in [7, 11) is 0. The Kier molecular flexibility index (Phi) is 5.45. The summed E-state index contributed by atoms with van der Waals surface area (Å²) in [6, 6.07) is 0.801. The Balaban J connectivity index is 1.79. The summed E-state index contributed by atoms with van der Waals surface area (Å²) in [5.74, 6) is 0.257. The van der Waals surface area contributed by atoms with Gasteiger partial charge in [-0.05, 0) is 45.1 Å². The van der Waals surface area contributed by atoms with E-state index < -0.39 is 0 Å². The second kappa shape index (κ2) is 7.10. The molecule has 0 aliphatic carbocycles. The number of likely N-dealkylation sites (tertiary alicyclic amines) is 1. The van der Waals surface area contributed by atoms with Gasteiger partial charge in [0.15, 0.2) is 0 Å². The van der Waals surface area contributed by atoms with Crippen LogP contribution < -0.4 is 10.6 Å². The molecule has 0 aromatic heterocycles. The van der Waals surface area contributed by atoms with E-state index in [1.54, 1.807) is 0 Å². The molecule has 1 amide bonds. The highest BCUT2D eigenvalue weighted by molar-refractivity contribution is 5.81. The Labute approximate surface area is 110 Å². The first-order chi connectivity index (χ1) is 8.81. The first-order valence-electron chi connectivity index (χ1n) is 7.56. The lowest BCUT2D eigenvalue weighted by molar-refractivity contribution is -0.126. The van der Waals surface area contributed by atoms with E-state index in [2.05, 4.69) is 22.5 Å². The van der Waals surface area contributed by atoms with Crippen LogP contribution >= 0.6 is 0 Å². The van der Waals surface area contributed by atoms with Crippen LogP contribution in [0.2, 0.25) is 0 Å². The van der Waals surface area contributed by atoms with Crippen molar-refractivity contribution < 1.29 is 4.79 Å². The van der Waals surface area contributed by atoms with Crippen molar-refractivity contribution >= 4 is 5.91 Å². The second-order valence-corrected chi connectivity index (χ2v) is 5.57. The molecule has 2 fully saturated rings. The number of nitrogens with zero attached hydrogens (tertiary/aromatic N) is 1. The summed E-state index contributed by atoms with van der Waals surface area (Å²) in [6.07, 6.45) is 6.92. The van der Waals surface area contributed by atoms with E-state index in [0.717, 1.165) is 39.0 Å². The molecule has 2 heterocycles. The Morgan fingerprint density at radius 3 is 2.78 bits per heavy atom. The molecule has 4 heteroatoms. The average molecular weight is 253 g/mol. The lowest BCUT2D eigenvalue weighted by atomic mass is 10.0. The lowest BCUT2D eigenvalue weighted by Crippen LogP contribution is -2.51. The van der Waals surface area contributed by atoms with Gasteiger partial charge in [0.25, 0.3) is 0 Å². The van der Waals surface area contributed by atoms with Gasteiger partial charge in [-0.15, -0.1) is 0 Å². The number of carbonyl (C=O) groups is 1. The Morgan fingerprint density at radius 2 is 2.06 bits per heavy atom. The molecule has 0 aromatic rings. The SMILES string of the molecule is CCCNC1CCN(C2CCCCNC2=O)CC1. The summed E-state index contributed by atoms with van der Waals surface area (Å²) >= 11 is 0. The third-order valence-electron chi connectivity index (χ3n) is 4.16. The molecule has 0 spiro atoms. The maximum atomic E-state index is 12.0. The van der Waals surface area contributed by atoms with Crippen LogP contribution in [0, 0.1) is 0 Å². The fraction of sp³-hybridized carbons (Fsp3) is 0.929. The molecule has 4 nitrogen and oxygen atoms in total. The van der Waals surface area contributed by atoms with Gasteiger partial charge in [-0.25, -0.2) is 0 Å². The minimum atomic E-state index is 0.139. The van der Waals surface area contributed by atoms with Crippen molar-refractivity contribution in [1.29, 1.82) is 0 Å². The number of carbonyl (C=O) groups excluding carboxylic acids is 1. The highest BCUT2D eigenvalue weighted by atomic mass is 16.2. The molecule has 1 unspecified atom stereocenters. The van der Waals surface area contributed by atoms with E-state index in [-0.39, 0.29) is 11.9 Å². The highest BCUT2D eigenvalue weighted by Crippen LogP contribution is 2.18. The molecule has 2 saturated heterocycles. The van der Waals surface area contributed by atoms with Crippen LogP contribution in [0.15, 0.2) is 0 Å². The van der Waals surface area contributed by atoms with E-state index in [0.29, 0.717) is 6.04 Å². The number of hydrogen-bond acceptors (Lipinski definition) is 3. The van der Waals surface area contributed by atoms with Gasteiger partial charge in [-0.2, -0.15) is 0 Å². The fourth-order valence-corrected chi connectivity index (χ4v) is 3.04. The molecule has 0 saturated carbocycles. The average Bonchev–Trinajstić information content (AvgIpc) is 2.62. The molecule has 18 heavy (non-hydrogen) atoms. The van der Waals surface area contributed by atoms with Crippen molar-refractivity contribution in [2.75, 3.05) is 26.2 Å². The summed E-state index contributed by atoms with van der Waals surface area (Å²) in [6.45, 7) is 6.33. The second-order valence-electron chi connectivity index (χ2n) is 5.57. The van der Waals surface area contributed by atoms with Gasteiger partial charge in [0.05, 0.1) is 6.04 Å². The van der Waals surface area contributed by atoms with Crippen LogP contribution in [-0.2, 0) is 4.79 Å². The van der Waals surface area contributed by atoms with E-state index >= 15 is 0 Å². The van der Waals surface area contributed by atoms with Crippen molar-refractivity contribution in [1.82, 2.24) is 15.5 Å². The number of rotatable bonds is 4. The number of nitrogens with one attached hydrogen (secondary N) is 2. The van der Waals surface area contributed by atoms with Gasteiger partial charge in [0.2, 0.25) is 5.91 Å². The smallest absolute Gasteiger partial charge is 0.237 e. The highest BCUT2D eigenvalue weighted by Gasteiger charge is 2.30. The van der Waals surface area contributed by atoms with Crippen molar-refractivity contribution in [3.63, 3.8) is 0 Å². The largest absolute Gasteiger partial charge is 0.355 e. The molecular weight excluding hydrogens is 226 g/mol. The first-order valence-corrected chi connectivity index (χ1v) is 7.56. The van der Waals surface area contributed by atoms with Crippen molar-refractivity contribution in [2.24, 2.45) is 0 Å². The van der Waals surface area contributed by atoms with E-state index in [1.165, 1.54) is 25.7 Å². The Morgan fingerprint density at radius 1 is 1.28 bits per heavy atom. The van der Waals surface area contributed by atoms with Crippen LogP contribution in [0.25, 0.3) is 0 Å². The van der Waals surface area contributed by atoms with Crippen molar-refractivity contribution in [2.45, 2.75) is 57.5 Å². The maximum absolute atomic E-state index is 12.0. The Hall–Kier alpha value is -0.610. The molecular formula is C14H27N3O. The predicted octanol–water partition coefficient (Wildman–Crippen LogP) is 1.12. The van der Waals surface area contributed by atoms with Crippen LogP contribution in [0.3, 0.4) is 0 Å². The summed E-state index contributed by atoms with van der Waals surface area (Å²) in [5.41, 5.74) is 0. The third kappa shape index (κ3) is 3.69. The van der Waals surface area contributed by atoms with Gasteiger partial charge in [0.1, 0.15) is 0 Å². The van der Waals surface area contributed by atoms with E-state index in [1.807, 2.05) is 0 Å². The monoisotopic (exact) mass is 253 g/mol. The Bertz CT molecular complexity index is 262. The molecule has 104 valence electrons. The molecule has 0 bridgehead atoms. The molecule has 2 N–H and O–H groups in total. The minimum Gasteiger partial charge on any atom is -0.355 e. The molecule has 2 aliphatic rings. The summed E-state index contributed by atoms with van der Waals surface area (Å²) < 4.78 is 0. The molecule has 1 atom stereocenters. The standard InChI is InChI=1S/C14H27N3O/c1-2-8-15-12-6-10-17(11-7-12)13-5-3-4-9-16-14(13)18/h12-13,15H,2-11H2,1H3,(H,16,18). The zero-order valence-electron chi connectivity index (χ0n) is 11.6. The summed E-state index contributed by atoms with van der Waals surface area (Å²) in [5, 5.41) is 6.63. The first kappa shape index (κ1) is 13.8. The van der Waals surface area contributed by atoms with Crippen LogP contribution in [0.1, 0.15) is 45.4 Å². The lowest BCUT2D eigenvalue weighted by Gasteiger charge is -2.36. The quantitative estimate of drug-likeness (QED) is 0.789. The molecule has 0 radical (unpaired) electrons. The molecule has 0 aromatic carbocycles. The zero-order chi connectivity index (χ0) is 12.8. The molecule has 2 rings (SSSR count). The topological polar surface area (TPSA) is 44.4 Å². The van der Waals surface area contributed by atoms with E-state index in [9.17, 15) is 4.79 Å². The van der Waals surface area contributed by atoms with E-state index in [4.69, 9.17) is 0 Å². The predicted molar refractivity (Wildman–Crippen MR) is 73.5 cm³/mol. The van der Waals surface area contributed by atoms with Gasteiger partial charge < -0.3 is 10.6 Å². The van der Waals surface area contributed by atoms with Gasteiger partial charge in [-0.3, -0.25) is 9.69 Å². The van der Waals surface area contributed by atoms with Gasteiger partial charge >= 0.3 is 0 Å². The van der Waals surface area contributed by atoms with Crippen LogP contribution in [0.4, 0.5) is 0 Å². The number of amides is 1.